The van der Waals surface area contributed by atoms with Gasteiger partial charge in [-0.3, -0.25) is 24.2 Å². The van der Waals surface area contributed by atoms with Crippen LogP contribution in [0.1, 0.15) is 74.9 Å². The lowest BCUT2D eigenvalue weighted by Crippen LogP contribution is -2.54. The number of aryl methyl sites for hydroxylation is 2. The zero-order valence-electron chi connectivity index (χ0n) is 38.7. The van der Waals surface area contributed by atoms with Crippen LogP contribution in [0.4, 0.5) is 5.95 Å². The van der Waals surface area contributed by atoms with Gasteiger partial charge in [0, 0.05) is 48.2 Å². The number of nitrogen functional groups attached to an aromatic ring is 1. The van der Waals surface area contributed by atoms with Gasteiger partial charge in [0.05, 0.1) is 56.2 Å². The van der Waals surface area contributed by atoms with E-state index >= 15 is 0 Å². The Morgan fingerprint density at radius 3 is 2.47 bits per heavy atom. The Hall–Kier alpha value is -4.73. The molecule has 3 aromatic rings. The van der Waals surface area contributed by atoms with E-state index in [4.69, 9.17) is 29.4 Å². The maximum atomic E-state index is 13.4. The van der Waals surface area contributed by atoms with Gasteiger partial charge in [-0.2, -0.15) is 16.7 Å². The molecular formula is C44H67N7O16S. The number of H-pyrrole nitrogens is 2. The first-order valence-electron chi connectivity index (χ1n) is 22.4. The number of carboxylic acid groups (broad SMARTS) is 1. The minimum Gasteiger partial charge on any atom is -0.481 e. The fourth-order valence-corrected chi connectivity index (χ4v) is 8.10. The number of aliphatic hydroxyl groups is 5. The molecule has 1 saturated heterocycles. The number of ether oxygens (including phenoxy) is 5. The van der Waals surface area contributed by atoms with Crippen molar-refractivity contribution in [1.29, 1.82) is 0 Å². The van der Waals surface area contributed by atoms with E-state index in [1.165, 1.54) is 18.7 Å². The third-order valence-electron chi connectivity index (χ3n) is 11.1. The van der Waals surface area contributed by atoms with E-state index < -0.39 is 91.6 Å². The molecule has 2 amide bonds. The summed E-state index contributed by atoms with van der Waals surface area (Å²) in [5.41, 5.74) is 7.11. The summed E-state index contributed by atoms with van der Waals surface area (Å²) in [7, 11) is 0. The van der Waals surface area contributed by atoms with Crippen molar-refractivity contribution in [2.24, 2.45) is 0 Å². The van der Waals surface area contributed by atoms with Gasteiger partial charge in [-0.1, -0.05) is 19.1 Å². The van der Waals surface area contributed by atoms with Crippen LogP contribution < -0.4 is 27.2 Å². The number of carboxylic acids is 1. The predicted molar refractivity (Wildman–Crippen MR) is 247 cm³/mol. The number of aromatic nitrogens is 3. The van der Waals surface area contributed by atoms with Gasteiger partial charge in [-0.25, -0.2) is 4.79 Å². The molecule has 0 aliphatic carbocycles. The van der Waals surface area contributed by atoms with Crippen molar-refractivity contribution >= 4 is 52.5 Å². The average molecular weight is 982 g/mol. The standard InChI is InChI=1S/C44H67N7O16S/c1-5-44(3,4)51-30(22-68-23-33-31(18-28(54)21-65-33)66-42(24(2)53)67-32(20-52)40(60)61)38(58)46-14-15-63-16-17-64-41(62)29(12-13-34(55)56)48-37(57)26-9-6-25(7-10-26)8-11-27-19-47-36-35(27)39(59)50-43(45)49-36/h6-7,9-10,19,24,28-33,40,42,51-54,60-61H,5,8,11-18,20-23H2,1-4H3,(H,46,58)(H,48,57)(H,55,56)(H4,45,47,49,50,59)/t24?,28?,29-,30+,31-,32?,33?,42+/m0/s1. The molecule has 1 aliphatic rings. The number of aliphatic carboxylic acids is 1. The molecule has 23 nitrogen and oxygen atoms in total. The number of benzene rings is 1. The molecule has 380 valence electrons. The molecule has 3 heterocycles. The number of esters is 1. The third-order valence-corrected chi connectivity index (χ3v) is 12.2. The van der Waals surface area contributed by atoms with Gasteiger partial charge in [0.2, 0.25) is 11.9 Å². The first-order valence-corrected chi connectivity index (χ1v) is 23.6. The number of carbonyl (C=O) groups is 4. The second-order valence-electron chi connectivity index (χ2n) is 17.0. The molecule has 4 rings (SSSR count). The highest BCUT2D eigenvalue weighted by molar-refractivity contribution is 7.99. The molecule has 2 aromatic heterocycles. The minimum absolute atomic E-state index is 0.00746. The fourth-order valence-electron chi connectivity index (χ4n) is 6.95. The van der Waals surface area contributed by atoms with Crippen LogP contribution in [-0.2, 0) is 50.9 Å². The van der Waals surface area contributed by atoms with Crippen LogP contribution in [0.2, 0.25) is 0 Å². The molecule has 24 heteroatoms. The second kappa shape index (κ2) is 27.5. The van der Waals surface area contributed by atoms with E-state index in [1.54, 1.807) is 30.5 Å². The second-order valence-corrected chi connectivity index (χ2v) is 18.1. The van der Waals surface area contributed by atoms with E-state index in [-0.39, 0.29) is 68.8 Å². The summed E-state index contributed by atoms with van der Waals surface area (Å²) in [5, 5.41) is 67.5. The Kier molecular flexibility index (Phi) is 22.6. The van der Waals surface area contributed by atoms with Crippen molar-refractivity contribution in [3.8, 4) is 0 Å². The van der Waals surface area contributed by atoms with Gasteiger partial charge in [-0.05, 0) is 69.7 Å². The highest BCUT2D eigenvalue weighted by Gasteiger charge is 2.37. The fraction of sp³-hybridized carbons (Fsp3) is 0.636. The molecule has 0 radical (unpaired) electrons. The van der Waals surface area contributed by atoms with Crippen LogP contribution in [0.3, 0.4) is 0 Å². The van der Waals surface area contributed by atoms with E-state index in [0.29, 0.717) is 41.8 Å². The normalized spacial score (nSPS) is 18.7. The number of fused-ring (bicyclic) bond motifs is 1. The first kappa shape index (κ1) is 55.9. The summed E-state index contributed by atoms with van der Waals surface area (Å²) >= 11 is 1.39. The van der Waals surface area contributed by atoms with Gasteiger partial charge < -0.3 is 81.0 Å². The lowest BCUT2D eigenvalue weighted by Gasteiger charge is -2.38. The quantitative estimate of drug-likeness (QED) is 0.0218. The average Bonchev–Trinajstić information content (AvgIpc) is 3.70. The summed E-state index contributed by atoms with van der Waals surface area (Å²) in [5.74, 6) is -2.29. The minimum atomic E-state index is -2.03. The van der Waals surface area contributed by atoms with Gasteiger partial charge in [0.1, 0.15) is 30.5 Å². The van der Waals surface area contributed by atoms with Crippen LogP contribution in [0.5, 0.6) is 0 Å². The van der Waals surface area contributed by atoms with Crippen LogP contribution >= 0.6 is 11.8 Å². The summed E-state index contributed by atoms with van der Waals surface area (Å²) < 4.78 is 28.1. The maximum absolute atomic E-state index is 13.4. The van der Waals surface area contributed by atoms with Crippen molar-refractivity contribution in [3.05, 3.63) is 57.5 Å². The number of hydrogen-bond acceptors (Lipinski definition) is 19. The van der Waals surface area contributed by atoms with Crippen molar-refractivity contribution in [1.82, 2.24) is 30.9 Å². The summed E-state index contributed by atoms with van der Waals surface area (Å²) in [4.78, 5) is 72.9. The smallest absolute Gasteiger partial charge is 0.328 e. The van der Waals surface area contributed by atoms with Crippen LogP contribution in [0.15, 0.2) is 35.3 Å². The number of aliphatic hydroxyl groups excluding tert-OH is 4. The highest BCUT2D eigenvalue weighted by Crippen LogP contribution is 2.25. The molecule has 8 atom stereocenters. The Labute approximate surface area is 397 Å². The zero-order chi connectivity index (χ0) is 50.0. The van der Waals surface area contributed by atoms with Gasteiger partial charge in [0.25, 0.3) is 11.5 Å². The van der Waals surface area contributed by atoms with E-state index in [9.17, 15) is 54.6 Å². The molecule has 1 fully saturated rings. The van der Waals surface area contributed by atoms with Crippen molar-refractivity contribution < 1.29 is 73.5 Å². The van der Waals surface area contributed by atoms with Gasteiger partial charge >= 0.3 is 11.9 Å². The molecule has 68 heavy (non-hydrogen) atoms. The van der Waals surface area contributed by atoms with Gasteiger partial charge in [0.15, 0.2) is 12.6 Å². The number of rotatable bonds is 30. The molecule has 0 bridgehead atoms. The molecule has 13 N–H and O–H groups in total. The number of thioether (sulfide) groups is 1. The zero-order valence-corrected chi connectivity index (χ0v) is 39.5. The largest absolute Gasteiger partial charge is 0.481 e. The summed E-state index contributed by atoms with van der Waals surface area (Å²) in [6.07, 6.45) is -5.41. The van der Waals surface area contributed by atoms with E-state index in [2.05, 4.69) is 30.9 Å². The monoisotopic (exact) mass is 981 g/mol. The number of carbonyl (C=O) groups excluding carboxylic acids is 3. The topological polar surface area (TPSA) is 359 Å². The first-order chi connectivity index (χ1) is 32.3. The predicted octanol–water partition coefficient (Wildman–Crippen LogP) is -0.932. The Morgan fingerprint density at radius 1 is 1.07 bits per heavy atom. The number of hydrogen-bond donors (Lipinski definition) is 12. The molecule has 0 spiro atoms. The van der Waals surface area contributed by atoms with Crippen molar-refractivity contribution in [3.63, 3.8) is 0 Å². The maximum Gasteiger partial charge on any atom is 0.328 e. The SMILES string of the molecule is CCC(C)(C)N[C@H](CSCC1OCC(O)C[C@@H]1O[C@H](OC(CO)C(O)O)C(C)O)C(=O)NCCOCCOC(=O)[C@H](CCC(=O)O)NC(=O)c1ccc(CCc2c[nH]c3nc(N)[nH]c(=O)c23)cc1. The lowest BCUT2D eigenvalue weighted by molar-refractivity contribution is -0.288. The number of amides is 2. The third kappa shape index (κ3) is 18.0. The van der Waals surface area contributed by atoms with E-state index in [1.807, 2.05) is 20.8 Å². The molecule has 4 unspecified atom stereocenters. The lowest BCUT2D eigenvalue weighted by atomic mass is 10.0. The van der Waals surface area contributed by atoms with Crippen molar-refractivity contribution in [2.75, 3.05) is 56.8 Å². The highest BCUT2D eigenvalue weighted by atomic mass is 32.2. The Bertz CT molecular complexity index is 2120. The number of nitrogens with one attached hydrogen (secondary N) is 5. The van der Waals surface area contributed by atoms with Crippen molar-refractivity contribution in [2.45, 2.75) is 127 Å². The molecular weight excluding hydrogens is 915 g/mol. The van der Waals surface area contributed by atoms with Gasteiger partial charge in [-0.15, -0.1) is 0 Å². The summed E-state index contributed by atoms with van der Waals surface area (Å²) in [6.45, 7) is 6.46. The van der Waals surface area contributed by atoms with Crippen LogP contribution in [-0.4, -0.2) is 181 Å². The van der Waals surface area contributed by atoms with Crippen LogP contribution in [0.25, 0.3) is 11.0 Å². The summed E-state index contributed by atoms with van der Waals surface area (Å²) in [6, 6.07) is 4.71. The number of anilines is 1. The molecule has 1 aliphatic heterocycles. The molecule has 0 saturated carbocycles. The Morgan fingerprint density at radius 2 is 1.81 bits per heavy atom. The Balaban J connectivity index is 1.22. The molecule has 1 aromatic carbocycles. The number of aromatic amines is 2. The number of nitrogens with two attached hydrogens (primary N) is 1. The number of nitrogens with zero attached hydrogens (tertiary/aromatic N) is 1. The van der Waals surface area contributed by atoms with E-state index in [0.717, 1.165) is 11.1 Å². The van der Waals surface area contributed by atoms with Crippen LogP contribution in [0, 0.1) is 0 Å².